The van der Waals surface area contributed by atoms with Gasteiger partial charge in [0.05, 0.1) is 0 Å². The van der Waals surface area contributed by atoms with Crippen LogP contribution in [0.1, 0.15) is 57.1 Å². The highest BCUT2D eigenvalue weighted by Crippen LogP contribution is 2.32. The zero-order valence-corrected chi connectivity index (χ0v) is 13.5. The Kier molecular flexibility index (Phi) is 6.09. The third-order valence-corrected chi connectivity index (χ3v) is 5.00. The molecule has 1 N–H and O–H groups in total. The molecule has 0 radical (unpaired) electrons. The number of hydrogen-bond donors (Lipinski definition) is 1. The van der Waals surface area contributed by atoms with Gasteiger partial charge >= 0.3 is 0 Å². The van der Waals surface area contributed by atoms with E-state index in [1.165, 1.54) is 49.7 Å². The quantitative estimate of drug-likeness (QED) is 0.790. The van der Waals surface area contributed by atoms with Crippen molar-refractivity contribution in [1.29, 1.82) is 0 Å². The van der Waals surface area contributed by atoms with Gasteiger partial charge in [0.1, 0.15) is 0 Å². The van der Waals surface area contributed by atoms with Crippen LogP contribution >= 0.6 is 0 Å². The average molecular weight is 273 g/mol. The summed E-state index contributed by atoms with van der Waals surface area (Å²) in [5, 5.41) is 3.76. The van der Waals surface area contributed by atoms with E-state index < -0.39 is 0 Å². The highest BCUT2D eigenvalue weighted by atomic mass is 14.9. The highest BCUT2D eigenvalue weighted by molar-refractivity contribution is 5.25. The molecule has 0 aromatic heterocycles. The lowest BCUT2D eigenvalue weighted by atomic mass is 9.77. The van der Waals surface area contributed by atoms with Crippen LogP contribution in [0.25, 0.3) is 0 Å². The molecule has 2 rings (SSSR count). The Bertz CT molecular complexity index is 399. The summed E-state index contributed by atoms with van der Waals surface area (Å²) in [5.41, 5.74) is 2.97. The summed E-state index contributed by atoms with van der Waals surface area (Å²) in [6.45, 7) is 8.01. The lowest BCUT2D eigenvalue weighted by Gasteiger charge is -2.34. The molecule has 1 nitrogen and oxygen atoms in total. The molecule has 0 amide bonds. The van der Waals surface area contributed by atoms with Crippen molar-refractivity contribution in [2.45, 2.75) is 65.3 Å². The number of hydrogen-bond acceptors (Lipinski definition) is 1. The van der Waals surface area contributed by atoms with Crippen molar-refractivity contribution in [2.24, 2.45) is 11.8 Å². The van der Waals surface area contributed by atoms with Gasteiger partial charge in [-0.25, -0.2) is 0 Å². The minimum Gasteiger partial charge on any atom is -0.314 e. The first kappa shape index (κ1) is 15.6. The summed E-state index contributed by atoms with van der Waals surface area (Å²) in [4.78, 5) is 0. The third-order valence-electron chi connectivity index (χ3n) is 5.00. The van der Waals surface area contributed by atoms with Gasteiger partial charge in [0.25, 0.3) is 0 Å². The van der Waals surface area contributed by atoms with Gasteiger partial charge in [-0.1, -0.05) is 51.0 Å². The minimum absolute atomic E-state index is 0.711. The van der Waals surface area contributed by atoms with Crippen LogP contribution in [-0.4, -0.2) is 12.6 Å². The summed E-state index contributed by atoms with van der Waals surface area (Å²) in [5.74, 6) is 1.82. The second-order valence-electron chi connectivity index (χ2n) is 6.66. The molecule has 1 aliphatic carbocycles. The molecule has 1 fully saturated rings. The van der Waals surface area contributed by atoms with Crippen molar-refractivity contribution in [3.8, 4) is 0 Å². The van der Waals surface area contributed by atoms with Crippen LogP contribution in [-0.2, 0) is 6.42 Å². The van der Waals surface area contributed by atoms with Crippen molar-refractivity contribution in [2.75, 3.05) is 6.54 Å². The molecule has 3 unspecified atom stereocenters. The molecular weight excluding hydrogens is 242 g/mol. The van der Waals surface area contributed by atoms with Gasteiger partial charge in [-0.2, -0.15) is 0 Å². The lowest BCUT2D eigenvalue weighted by Crippen LogP contribution is -2.38. The Morgan fingerprint density at radius 3 is 2.75 bits per heavy atom. The highest BCUT2D eigenvalue weighted by Gasteiger charge is 2.25. The lowest BCUT2D eigenvalue weighted by molar-refractivity contribution is 0.216. The minimum atomic E-state index is 0.711. The number of rotatable bonds is 6. The summed E-state index contributed by atoms with van der Waals surface area (Å²) in [6.07, 6.45) is 8.22. The Hall–Kier alpha value is -0.820. The van der Waals surface area contributed by atoms with Crippen molar-refractivity contribution in [1.82, 2.24) is 5.32 Å². The second kappa shape index (κ2) is 7.83. The van der Waals surface area contributed by atoms with E-state index in [1.807, 2.05) is 0 Å². The first-order valence-corrected chi connectivity index (χ1v) is 8.48. The topological polar surface area (TPSA) is 12.0 Å². The number of aryl methyl sites for hydroxylation is 2. The molecule has 0 spiro atoms. The van der Waals surface area contributed by atoms with Gasteiger partial charge in [0.2, 0.25) is 0 Å². The maximum absolute atomic E-state index is 3.76. The van der Waals surface area contributed by atoms with Crippen LogP contribution < -0.4 is 5.32 Å². The largest absolute Gasteiger partial charge is 0.314 e. The molecule has 0 bridgehead atoms. The molecule has 20 heavy (non-hydrogen) atoms. The van der Waals surface area contributed by atoms with Crippen molar-refractivity contribution < 1.29 is 0 Å². The summed E-state index contributed by atoms with van der Waals surface area (Å²) in [7, 11) is 0. The molecule has 0 heterocycles. The molecule has 1 aromatic carbocycles. The normalized spacial score (nSPS) is 24.6. The Morgan fingerprint density at radius 2 is 2.05 bits per heavy atom. The fourth-order valence-corrected chi connectivity index (χ4v) is 3.81. The predicted molar refractivity (Wildman–Crippen MR) is 88.1 cm³/mol. The van der Waals surface area contributed by atoms with E-state index in [1.54, 1.807) is 0 Å². The summed E-state index contributed by atoms with van der Waals surface area (Å²) < 4.78 is 0. The van der Waals surface area contributed by atoms with E-state index in [-0.39, 0.29) is 0 Å². The Labute approximate surface area is 125 Å². The zero-order chi connectivity index (χ0) is 14.4. The van der Waals surface area contributed by atoms with E-state index in [0.29, 0.717) is 6.04 Å². The van der Waals surface area contributed by atoms with Gasteiger partial charge in [-0.3, -0.25) is 0 Å². The van der Waals surface area contributed by atoms with Crippen LogP contribution in [0, 0.1) is 18.8 Å². The van der Waals surface area contributed by atoms with Gasteiger partial charge in [0.15, 0.2) is 0 Å². The second-order valence-corrected chi connectivity index (χ2v) is 6.66. The van der Waals surface area contributed by atoms with E-state index in [0.717, 1.165) is 18.4 Å². The molecule has 1 aliphatic rings. The summed E-state index contributed by atoms with van der Waals surface area (Å²) >= 11 is 0. The van der Waals surface area contributed by atoms with Crippen LogP contribution in [0.2, 0.25) is 0 Å². The van der Waals surface area contributed by atoms with Crippen LogP contribution in [0.4, 0.5) is 0 Å². The Morgan fingerprint density at radius 1 is 1.25 bits per heavy atom. The molecule has 1 heteroatoms. The molecule has 3 atom stereocenters. The first-order chi connectivity index (χ1) is 9.70. The molecule has 0 aliphatic heterocycles. The molecule has 112 valence electrons. The standard InChI is InChI=1S/C19H31N/c1-4-20-19(18-11-7-8-15(2)14-18)13-12-17-10-6-5-9-16(17)3/h5-6,9-10,15,18-20H,4,7-8,11-14H2,1-3H3. The molecule has 1 saturated carbocycles. The maximum Gasteiger partial charge on any atom is 0.00984 e. The van der Waals surface area contributed by atoms with Crippen LogP contribution in [0.3, 0.4) is 0 Å². The van der Waals surface area contributed by atoms with Crippen LogP contribution in [0.15, 0.2) is 24.3 Å². The fraction of sp³-hybridized carbons (Fsp3) is 0.684. The van der Waals surface area contributed by atoms with Gasteiger partial charge < -0.3 is 5.32 Å². The van der Waals surface area contributed by atoms with Crippen molar-refractivity contribution in [3.05, 3.63) is 35.4 Å². The average Bonchev–Trinajstić information content (AvgIpc) is 2.45. The monoisotopic (exact) mass is 273 g/mol. The third kappa shape index (κ3) is 4.34. The van der Waals surface area contributed by atoms with E-state index in [9.17, 15) is 0 Å². The zero-order valence-electron chi connectivity index (χ0n) is 13.5. The maximum atomic E-state index is 3.76. The summed E-state index contributed by atoms with van der Waals surface area (Å²) in [6, 6.07) is 9.56. The van der Waals surface area contributed by atoms with Gasteiger partial charge in [-0.05, 0) is 62.1 Å². The van der Waals surface area contributed by atoms with Crippen molar-refractivity contribution in [3.63, 3.8) is 0 Å². The van der Waals surface area contributed by atoms with Crippen LogP contribution in [0.5, 0.6) is 0 Å². The molecule has 1 aromatic rings. The number of nitrogens with one attached hydrogen (secondary N) is 1. The smallest absolute Gasteiger partial charge is 0.00984 e. The Balaban J connectivity index is 1.93. The van der Waals surface area contributed by atoms with Crippen molar-refractivity contribution >= 4 is 0 Å². The predicted octanol–water partition coefficient (Wildman–Crippen LogP) is 4.73. The number of benzene rings is 1. The van der Waals surface area contributed by atoms with Gasteiger partial charge in [-0.15, -0.1) is 0 Å². The fourth-order valence-electron chi connectivity index (χ4n) is 3.81. The first-order valence-electron chi connectivity index (χ1n) is 8.48. The molecular formula is C19H31N. The van der Waals surface area contributed by atoms with E-state index in [4.69, 9.17) is 0 Å². The molecule has 0 saturated heterocycles. The SMILES string of the molecule is CCNC(CCc1ccccc1C)C1CCCC(C)C1. The van der Waals surface area contributed by atoms with E-state index in [2.05, 4.69) is 50.4 Å². The van der Waals surface area contributed by atoms with E-state index >= 15 is 0 Å². The van der Waals surface area contributed by atoms with Gasteiger partial charge in [0, 0.05) is 6.04 Å².